The fourth-order valence-electron chi connectivity index (χ4n) is 2.98. The van der Waals surface area contributed by atoms with E-state index in [-0.39, 0.29) is 5.56 Å². The summed E-state index contributed by atoms with van der Waals surface area (Å²) in [4.78, 5) is 12.0. The van der Waals surface area contributed by atoms with Crippen LogP contribution in [0.5, 0.6) is 11.5 Å². The van der Waals surface area contributed by atoms with E-state index in [0.29, 0.717) is 19.1 Å². The second-order valence-corrected chi connectivity index (χ2v) is 6.25. The molecule has 0 bridgehead atoms. The monoisotopic (exact) mass is 312 g/mol. The van der Waals surface area contributed by atoms with E-state index in [1.165, 1.54) is 19.3 Å². The number of ether oxygens (including phenoxy) is 2. The molecule has 120 valence electrons. The van der Waals surface area contributed by atoms with E-state index in [2.05, 4.69) is 5.10 Å². The highest BCUT2D eigenvalue weighted by Crippen LogP contribution is 2.33. The highest BCUT2D eigenvalue weighted by Gasteiger charge is 2.19. The molecule has 1 saturated carbocycles. The lowest BCUT2D eigenvalue weighted by Crippen LogP contribution is -2.28. The molecular formula is C18H20N2O3. The number of benzene rings is 1. The van der Waals surface area contributed by atoms with Crippen molar-refractivity contribution in [2.24, 2.45) is 5.92 Å². The minimum absolute atomic E-state index is 0.0324. The second-order valence-electron chi connectivity index (χ2n) is 6.25. The topological polar surface area (TPSA) is 53.4 Å². The maximum atomic E-state index is 12.0. The van der Waals surface area contributed by atoms with E-state index in [9.17, 15) is 4.79 Å². The van der Waals surface area contributed by atoms with Crippen molar-refractivity contribution in [3.8, 4) is 22.8 Å². The van der Waals surface area contributed by atoms with Gasteiger partial charge in [-0.05, 0) is 43.0 Å². The van der Waals surface area contributed by atoms with Gasteiger partial charge in [0.05, 0.1) is 18.9 Å². The molecule has 0 radical (unpaired) electrons. The van der Waals surface area contributed by atoms with Gasteiger partial charge >= 0.3 is 0 Å². The molecule has 1 fully saturated rings. The molecule has 0 spiro atoms. The van der Waals surface area contributed by atoms with Gasteiger partial charge in [0.25, 0.3) is 5.56 Å². The van der Waals surface area contributed by atoms with Crippen molar-refractivity contribution < 1.29 is 9.47 Å². The summed E-state index contributed by atoms with van der Waals surface area (Å²) in [5.41, 5.74) is 1.70. The fraction of sp³-hybridized carbons (Fsp3) is 0.444. The maximum Gasteiger partial charge on any atom is 0.266 e. The number of rotatable bonds is 3. The molecule has 5 nitrogen and oxygen atoms in total. The van der Waals surface area contributed by atoms with Gasteiger partial charge in [-0.15, -0.1) is 0 Å². The van der Waals surface area contributed by atoms with Crippen LogP contribution in [-0.2, 0) is 6.54 Å². The van der Waals surface area contributed by atoms with Crippen LogP contribution in [0.3, 0.4) is 0 Å². The van der Waals surface area contributed by atoms with Crippen LogP contribution >= 0.6 is 0 Å². The highest BCUT2D eigenvalue weighted by atomic mass is 16.5. The van der Waals surface area contributed by atoms with E-state index >= 15 is 0 Å². The van der Waals surface area contributed by atoms with Crippen molar-refractivity contribution in [2.75, 3.05) is 13.2 Å². The Morgan fingerprint density at radius 2 is 1.87 bits per heavy atom. The van der Waals surface area contributed by atoms with Gasteiger partial charge in [-0.3, -0.25) is 4.79 Å². The van der Waals surface area contributed by atoms with Crippen molar-refractivity contribution >= 4 is 0 Å². The summed E-state index contributed by atoms with van der Waals surface area (Å²) < 4.78 is 13.0. The van der Waals surface area contributed by atoms with Crippen molar-refractivity contribution in [3.63, 3.8) is 0 Å². The Morgan fingerprint density at radius 1 is 1.04 bits per heavy atom. The lowest BCUT2D eigenvalue weighted by atomic mass is 9.85. The Labute approximate surface area is 134 Å². The molecule has 23 heavy (non-hydrogen) atoms. The number of fused-ring (bicyclic) bond motifs is 1. The molecular weight excluding hydrogens is 292 g/mol. The van der Waals surface area contributed by atoms with E-state index in [1.54, 1.807) is 16.8 Å². The van der Waals surface area contributed by atoms with Gasteiger partial charge in [0, 0.05) is 24.6 Å². The maximum absolute atomic E-state index is 12.0. The van der Waals surface area contributed by atoms with Gasteiger partial charge in [-0.25, -0.2) is 4.68 Å². The molecule has 2 aromatic rings. The first-order valence-electron chi connectivity index (χ1n) is 8.28. The molecule has 1 aromatic carbocycles. The number of hydrogen-bond donors (Lipinski definition) is 0. The molecule has 1 aliphatic carbocycles. The molecule has 5 heteroatoms. The largest absolute Gasteiger partial charge is 0.490 e. The van der Waals surface area contributed by atoms with E-state index in [0.717, 1.165) is 35.7 Å². The first kappa shape index (κ1) is 14.3. The lowest BCUT2D eigenvalue weighted by Gasteiger charge is -2.25. The molecule has 0 N–H and O–H groups in total. The van der Waals surface area contributed by atoms with Gasteiger partial charge < -0.3 is 9.47 Å². The van der Waals surface area contributed by atoms with Crippen LogP contribution in [0.15, 0.2) is 35.1 Å². The molecule has 2 heterocycles. The third-order valence-corrected chi connectivity index (χ3v) is 4.57. The van der Waals surface area contributed by atoms with Crippen LogP contribution < -0.4 is 15.0 Å². The molecule has 1 aromatic heterocycles. The Kier molecular flexibility index (Phi) is 3.77. The van der Waals surface area contributed by atoms with Crippen LogP contribution in [0.2, 0.25) is 0 Å². The number of nitrogens with zero attached hydrogens (tertiary/aromatic N) is 2. The summed E-state index contributed by atoms with van der Waals surface area (Å²) in [6, 6.07) is 9.21. The number of aromatic nitrogens is 2. The predicted molar refractivity (Wildman–Crippen MR) is 86.9 cm³/mol. The van der Waals surface area contributed by atoms with E-state index in [4.69, 9.17) is 9.47 Å². The zero-order valence-corrected chi connectivity index (χ0v) is 13.0. The van der Waals surface area contributed by atoms with E-state index < -0.39 is 0 Å². The molecule has 0 saturated heterocycles. The van der Waals surface area contributed by atoms with Crippen molar-refractivity contribution in [1.82, 2.24) is 9.78 Å². The zero-order valence-electron chi connectivity index (χ0n) is 13.0. The van der Waals surface area contributed by atoms with Gasteiger partial charge in [-0.2, -0.15) is 5.10 Å². The zero-order chi connectivity index (χ0) is 15.6. The molecule has 0 unspecified atom stereocenters. The van der Waals surface area contributed by atoms with Gasteiger partial charge in [-0.1, -0.05) is 6.42 Å². The van der Waals surface area contributed by atoms with E-state index in [1.807, 2.05) is 18.2 Å². The van der Waals surface area contributed by atoms with Crippen molar-refractivity contribution in [1.29, 1.82) is 0 Å². The Hall–Kier alpha value is -2.30. The minimum Gasteiger partial charge on any atom is -0.490 e. The Balaban J connectivity index is 1.65. The average Bonchev–Trinajstić information content (AvgIpc) is 2.77. The quantitative estimate of drug-likeness (QED) is 0.874. The Morgan fingerprint density at radius 3 is 2.65 bits per heavy atom. The second kappa shape index (κ2) is 6.07. The summed E-state index contributed by atoms with van der Waals surface area (Å²) in [7, 11) is 0. The SMILES string of the molecule is O=c1ccc(-c2ccc3c(c2)OCCCO3)nn1CC1CCC1. The normalized spacial score (nSPS) is 17.4. The highest BCUT2D eigenvalue weighted by molar-refractivity contribution is 5.63. The molecule has 4 rings (SSSR count). The minimum atomic E-state index is -0.0324. The lowest BCUT2D eigenvalue weighted by molar-refractivity contribution is 0.262. The summed E-state index contributed by atoms with van der Waals surface area (Å²) >= 11 is 0. The van der Waals surface area contributed by atoms with Crippen LogP contribution in [0.4, 0.5) is 0 Å². The predicted octanol–water partition coefficient (Wildman–Crippen LogP) is 2.87. The third-order valence-electron chi connectivity index (χ3n) is 4.57. The summed E-state index contributed by atoms with van der Waals surface area (Å²) in [6.07, 6.45) is 4.54. The molecule has 0 amide bonds. The fourth-order valence-corrected chi connectivity index (χ4v) is 2.98. The third kappa shape index (κ3) is 2.96. The standard InChI is InChI=1S/C18H20N2O3/c21-18-8-6-15(19-20(18)12-13-3-1-4-13)14-5-7-16-17(11-14)23-10-2-9-22-16/h5-8,11,13H,1-4,9-10,12H2. The van der Waals surface area contributed by atoms with Crippen molar-refractivity contribution in [3.05, 3.63) is 40.7 Å². The van der Waals surface area contributed by atoms with Crippen LogP contribution in [-0.4, -0.2) is 23.0 Å². The summed E-state index contributed by atoms with van der Waals surface area (Å²) in [5.74, 6) is 2.12. The summed E-state index contributed by atoms with van der Waals surface area (Å²) in [5, 5.41) is 4.54. The van der Waals surface area contributed by atoms with Gasteiger partial charge in [0.2, 0.25) is 0 Å². The first-order valence-corrected chi connectivity index (χ1v) is 8.28. The first-order chi connectivity index (χ1) is 11.3. The van der Waals surface area contributed by atoms with Gasteiger partial charge in [0.1, 0.15) is 0 Å². The van der Waals surface area contributed by atoms with Crippen LogP contribution in [0.1, 0.15) is 25.7 Å². The molecule has 2 aliphatic rings. The van der Waals surface area contributed by atoms with Gasteiger partial charge in [0.15, 0.2) is 11.5 Å². The van der Waals surface area contributed by atoms with Crippen molar-refractivity contribution in [2.45, 2.75) is 32.2 Å². The molecule has 1 aliphatic heterocycles. The average molecular weight is 312 g/mol. The van der Waals surface area contributed by atoms with Crippen LogP contribution in [0.25, 0.3) is 11.3 Å². The van der Waals surface area contributed by atoms with Crippen LogP contribution in [0, 0.1) is 5.92 Å². The summed E-state index contributed by atoms with van der Waals surface area (Å²) in [6.45, 7) is 2.05. The smallest absolute Gasteiger partial charge is 0.266 e. The Bertz CT molecular complexity index is 765. The number of hydrogen-bond acceptors (Lipinski definition) is 4. The molecule has 0 atom stereocenters.